The normalized spacial score (nSPS) is 13.2. The number of nitrogens with two attached hydrogens (primary N) is 1. The molecular formula is C13H13F2NO. The van der Waals surface area contributed by atoms with Gasteiger partial charge in [-0.1, -0.05) is 30.3 Å². The summed E-state index contributed by atoms with van der Waals surface area (Å²) in [4.78, 5) is 0. The minimum atomic E-state index is -2.59. The molecule has 2 aromatic rings. The first-order valence-electron chi connectivity index (χ1n) is 5.34. The highest BCUT2D eigenvalue weighted by molar-refractivity contribution is 5.88. The maximum absolute atomic E-state index is 12.9. The average molecular weight is 237 g/mol. The molecule has 2 nitrogen and oxygen atoms in total. The van der Waals surface area contributed by atoms with Crippen molar-refractivity contribution in [1.29, 1.82) is 0 Å². The SMILES string of the molecule is NCC(c1c(O)ccc2ccccc12)C(F)F. The van der Waals surface area contributed by atoms with E-state index in [1.165, 1.54) is 6.07 Å². The van der Waals surface area contributed by atoms with Gasteiger partial charge in [0, 0.05) is 12.1 Å². The van der Waals surface area contributed by atoms with Crippen LogP contribution in [0.1, 0.15) is 11.5 Å². The maximum Gasteiger partial charge on any atom is 0.246 e. The summed E-state index contributed by atoms with van der Waals surface area (Å²) < 4.78 is 25.8. The van der Waals surface area contributed by atoms with E-state index in [4.69, 9.17) is 5.73 Å². The van der Waals surface area contributed by atoms with Crippen molar-refractivity contribution >= 4 is 10.8 Å². The first kappa shape index (κ1) is 11.8. The second-order valence-corrected chi connectivity index (χ2v) is 3.90. The van der Waals surface area contributed by atoms with Gasteiger partial charge in [0.1, 0.15) is 5.75 Å². The summed E-state index contributed by atoms with van der Waals surface area (Å²) >= 11 is 0. The van der Waals surface area contributed by atoms with Gasteiger partial charge in [-0.05, 0) is 16.8 Å². The van der Waals surface area contributed by atoms with Crippen LogP contribution in [-0.2, 0) is 0 Å². The Bertz CT molecular complexity index is 528. The van der Waals surface area contributed by atoms with E-state index in [2.05, 4.69) is 0 Å². The van der Waals surface area contributed by atoms with Crippen LogP contribution in [0, 0.1) is 0 Å². The highest BCUT2D eigenvalue weighted by Crippen LogP contribution is 2.35. The molecule has 0 fully saturated rings. The van der Waals surface area contributed by atoms with Gasteiger partial charge < -0.3 is 10.8 Å². The van der Waals surface area contributed by atoms with Gasteiger partial charge in [-0.15, -0.1) is 0 Å². The number of phenols is 1. The predicted molar refractivity (Wildman–Crippen MR) is 63.4 cm³/mol. The number of rotatable bonds is 3. The number of hydrogen-bond acceptors (Lipinski definition) is 2. The number of fused-ring (bicyclic) bond motifs is 1. The van der Waals surface area contributed by atoms with Crippen LogP contribution in [0.25, 0.3) is 10.8 Å². The van der Waals surface area contributed by atoms with E-state index in [1.807, 2.05) is 12.1 Å². The lowest BCUT2D eigenvalue weighted by atomic mass is 9.93. The van der Waals surface area contributed by atoms with E-state index in [-0.39, 0.29) is 17.9 Å². The van der Waals surface area contributed by atoms with E-state index >= 15 is 0 Å². The molecule has 0 amide bonds. The third-order valence-electron chi connectivity index (χ3n) is 2.88. The van der Waals surface area contributed by atoms with Crippen molar-refractivity contribution in [3.05, 3.63) is 42.0 Å². The Labute approximate surface area is 97.7 Å². The molecule has 1 unspecified atom stereocenters. The van der Waals surface area contributed by atoms with E-state index in [9.17, 15) is 13.9 Å². The van der Waals surface area contributed by atoms with Gasteiger partial charge in [-0.25, -0.2) is 8.78 Å². The topological polar surface area (TPSA) is 46.2 Å². The number of halogens is 2. The van der Waals surface area contributed by atoms with Gasteiger partial charge >= 0.3 is 0 Å². The van der Waals surface area contributed by atoms with Gasteiger partial charge in [0.25, 0.3) is 0 Å². The molecule has 0 bridgehead atoms. The lowest BCUT2D eigenvalue weighted by molar-refractivity contribution is 0.116. The van der Waals surface area contributed by atoms with E-state index in [0.717, 1.165) is 5.39 Å². The summed E-state index contributed by atoms with van der Waals surface area (Å²) in [7, 11) is 0. The lowest BCUT2D eigenvalue weighted by Gasteiger charge is -2.18. The fraction of sp³-hybridized carbons (Fsp3) is 0.231. The van der Waals surface area contributed by atoms with Gasteiger partial charge in [0.2, 0.25) is 6.43 Å². The minimum absolute atomic E-state index is 0.126. The smallest absolute Gasteiger partial charge is 0.246 e. The fourth-order valence-electron chi connectivity index (χ4n) is 2.02. The van der Waals surface area contributed by atoms with Crippen LogP contribution in [0.3, 0.4) is 0 Å². The predicted octanol–water partition coefficient (Wildman–Crippen LogP) is 2.85. The summed E-state index contributed by atoms with van der Waals surface area (Å²) in [5, 5.41) is 11.2. The van der Waals surface area contributed by atoms with Crippen molar-refractivity contribution in [2.24, 2.45) is 5.73 Å². The zero-order chi connectivity index (χ0) is 12.4. The number of alkyl halides is 2. The Morgan fingerprint density at radius 1 is 1.12 bits per heavy atom. The van der Waals surface area contributed by atoms with Crippen molar-refractivity contribution in [3.8, 4) is 5.75 Å². The monoisotopic (exact) mass is 237 g/mol. The molecule has 3 N–H and O–H groups in total. The van der Waals surface area contributed by atoms with Gasteiger partial charge in [0.15, 0.2) is 0 Å². The molecule has 0 radical (unpaired) electrons. The molecule has 0 heterocycles. The molecule has 0 aliphatic carbocycles. The zero-order valence-corrected chi connectivity index (χ0v) is 9.11. The largest absolute Gasteiger partial charge is 0.508 e. The highest BCUT2D eigenvalue weighted by Gasteiger charge is 2.25. The molecule has 0 saturated heterocycles. The van der Waals surface area contributed by atoms with E-state index < -0.39 is 12.3 Å². The molecule has 17 heavy (non-hydrogen) atoms. The van der Waals surface area contributed by atoms with Crippen LogP contribution in [-0.4, -0.2) is 18.1 Å². The molecule has 0 aliphatic heterocycles. The van der Waals surface area contributed by atoms with E-state index in [1.54, 1.807) is 18.2 Å². The molecule has 0 saturated carbocycles. The van der Waals surface area contributed by atoms with Crippen LogP contribution in [0.15, 0.2) is 36.4 Å². The Balaban J connectivity index is 2.69. The molecule has 1 atom stereocenters. The molecule has 0 spiro atoms. The Hall–Kier alpha value is -1.68. The molecule has 0 aliphatic rings. The highest BCUT2D eigenvalue weighted by atomic mass is 19.3. The summed E-state index contributed by atoms with van der Waals surface area (Å²) in [5.74, 6) is -1.26. The standard InChI is InChI=1S/C13H13F2NO/c14-13(15)10(7-16)12-9-4-2-1-3-8(9)5-6-11(12)17/h1-6,10,13,17H,7,16H2. The second kappa shape index (κ2) is 4.67. The van der Waals surface area contributed by atoms with Crippen molar-refractivity contribution in [1.82, 2.24) is 0 Å². The molecule has 2 aromatic carbocycles. The Morgan fingerprint density at radius 2 is 1.82 bits per heavy atom. The maximum atomic E-state index is 12.9. The molecule has 0 aromatic heterocycles. The lowest BCUT2D eigenvalue weighted by Crippen LogP contribution is -2.20. The summed E-state index contributed by atoms with van der Waals surface area (Å²) in [6.07, 6.45) is -2.59. The van der Waals surface area contributed by atoms with Crippen molar-refractivity contribution in [3.63, 3.8) is 0 Å². The number of benzene rings is 2. The van der Waals surface area contributed by atoms with Crippen molar-refractivity contribution in [2.45, 2.75) is 12.3 Å². The minimum Gasteiger partial charge on any atom is -0.508 e. The third-order valence-corrected chi connectivity index (χ3v) is 2.88. The summed E-state index contributed by atoms with van der Waals surface area (Å²) in [6, 6.07) is 10.2. The molecule has 4 heteroatoms. The van der Waals surface area contributed by atoms with Crippen LogP contribution >= 0.6 is 0 Å². The van der Waals surface area contributed by atoms with Crippen LogP contribution in [0.4, 0.5) is 8.78 Å². The quantitative estimate of drug-likeness (QED) is 0.862. The summed E-state index contributed by atoms with van der Waals surface area (Å²) in [5.41, 5.74) is 5.61. The molecule has 90 valence electrons. The number of hydrogen-bond donors (Lipinski definition) is 2. The van der Waals surface area contributed by atoms with E-state index in [0.29, 0.717) is 5.39 Å². The third kappa shape index (κ3) is 2.08. The Morgan fingerprint density at radius 3 is 2.47 bits per heavy atom. The fourth-order valence-corrected chi connectivity index (χ4v) is 2.02. The van der Waals surface area contributed by atoms with Gasteiger partial charge in [-0.2, -0.15) is 0 Å². The van der Waals surface area contributed by atoms with Crippen molar-refractivity contribution in [2.75, 3.05) is 6.54 Å². The zero-order valence-electron chi connectivity index (χ0n) is 9.11. The van der Waals surface area contributed by atoms with Crippen LogP contribution in [0.5, 0.6) is 5.75 Å². The molecular weight excluding hydrogens is 224 g/mol. The van der Waals surface area contributed by atoms with Gasteiger partial charge in [0.05, 0.1) is 5.92 Å². The Kier molecular flexibility index (Phi) is 3.24. The number of phenolic OH excluding ortho intramolecular Hbond substituents is 1. The first-order valence-corrected chi connectivity index (χ1v) is 5.34. The van der Waals surface area contributed by atoms with Crippen molar-refractivity contribution < 1.29 is 13.9 Å². The average Bonchev–Trinajstić information content (AvgIpc) is 2.32. The van der Waals surface area contributed by atoms with Crippen LogP contribution in [0.2, 0.25) is 0 Å². The molecule has 2 rings (SSSR count). The number of aromatic hydroxyl groups is 1. The summed E-state index contributed by atoms with van der Waals surface area (Å²) in [6.45, 7) is -0.195. The van der Waals surface area contributed by atoms with Crippen LogP contribution < -0.4 is 5.73 Å². The second-order valence-electron chi connectivity index (χ2n) is 3.90. The first-order chi connectivity index (χ1) is 8.15. The van der Waals surface area contributed by atoms with Gasteiger partial charge in [-0.3, -0.25) is 0 Å².